The SMILES string of the molecule is c1csc(-c2[nH]ncc2CNC2COC2)c1. The highest BCUT2D eigenvalue weighted by molar-refractivity contribution is 7.13. The van der Waals surface area contributed by atoms with E-state index in [-0.39, 0.29) is 0 Å². The molecular formula is C11H13N3OS. The van der Waals surface area contributed by atoms with Gasteiger partial charge in [0.05, 0.1) is 36.0 Å². The number of rotatable bonds is 4. The molecule has 2 aromatic heterocycles. The van der Waals surface area contributed by atoms with Crippen molar-refractivity contribution >= 4 is 11.3 Å². The van der Waals surface area contributed by atoms with Gasteiger partial charge in [-0.05, 0) is 11.4 Å². The zero-order valence-electron chi connectivity index (χ0n) is 8.77. The zero-order chi connectivity index (χ0) is 10.8. The Hall–Kier alpha value is -1.17. The minimum atomic E-state index is 0.506. The van der Waals surface area contributed by atoms with Crippen molar-refractivity contribution in [3.8, 4) is 10.6 Å². The van der Waals surface area contributed by atoms with Crippen LogP contribution in [0, 0.1) is 0 Å². The summed E-state index contributed by atoms with van der Waals surface area (Å²) in [4.78, 5) is 1.24. The summed E-state index contributed by atoms with van der Waals surface area (Å²) in [6.45, 7) is 2.50. The fourth-order valence-electron chi connectivity index (χ4n) is 1.69. The van der Waals surface area contributed by atoms with Gasteiger partial charge >= 0.3 is 0 Å². The van der Waals surface area contributed by atoms with Crippen LogP contribution in [0.15, 0.2) is 23.7 Å². The van der Waals surface area contributed by atoms with E-state index >= 15 is 0 Å². The van der Waals surface area contributed by atoms with Crippen LogP contribution in [0.25, 0.3) is 10.6 Å². The molecule has 0 aromatic carbocycles. The van der Waals surface area contributed by atoms with Crippen LogP contribution >= 0.6 is 11.3 Å². The van der Waals surface area contributed by atoms with Gasteiger partial charge < -0.3 is 10.1 Å². The Morgan fingerprint density at radius 1 is 1.56 bits per heavy atom. The first kappa shape index (κ1) is 10.0. The standard InChI is InChI=1S/C11H13N3OS/c1-2-10(16-3-1)11-8(5-13-14-11)4-12-9-6-15-7-9/h1-3,5,9,12H,4,6-7H2,(H,13,14). The first-order chi connectivity index (χ1) is 7.93. The zero-order valence-corrected chi connectivity index (χ0v) is 9.59. The Morgan fingerprint density at radius 3 is 3.19 bits per heavy atom. The molecule has 1 fully saturated rings. The average molecular weight is 235 g/mol. The van der Waals surface area contributed by atoms with E-state index in [9.17, 15) is 0 Å². The molecule has 0 aliphatic carbocycles. The first-order valence-electron chi connectivity index (χ1n) is 5.31. The van der Waals surface area contributed by atoms with E-state index in [2.05, 4.69) is 33.0 Å². The maximum Gasteiger partial charge on any atom is 0.0794 e. The number of hydrogen-bond acceptors (Lipinski definition) is 4. The van der Waals surface area contributed by atoms with Gasteiger partial charge in [0.25, 0.3) is 0 Å². The van der Waals surface area contributed by atoms with Crippen LogP contribution in [0.1, 0.15) is 5.56 Å². The Morgan fingerprint density at radius 2 is 2.50 bits per heavy atom. The van der Waals surface area contributed by atoms with Crippen molar-refractivity contribution < 1.29 is 4.74 Å². The van der Waals surface area contributed by atoms with Crippen molar-refractivity contribution in [3.05, 3.63) is 29.3 Å². The molecule has 0 bridgehead atoms. The summed E-state index contributed by atoms with van der Waals surface area (Å²) < 4.78 is 5.12. The Kier molecular flexibility index (Phi) is 2.73. The second kappa shape index (κ2) is 4.37. The summed E-state index contributed by atoms with van der Waals surface area (Å²) in [6.07, 6.45) is 1.89. The lowest BCUT2D eigenvalue weighted by Gasteiger charge is -2.26. The van der Waals surface area contributed by atoms with Gasteiger partial charge in [-0.2, -0.15) is 5.10 Å². The molecule has 0 amide bonds. The van der Waals surface area contributed by atoms with Crippen LogP contribution < -0.4 is 5.32 Å². The lowest BCUT2D eigenvalue weighted by Crippen LogP contribution is -2.45. The molecular weight excluding hydrogens is 222 g/mol. The van der Waals surface area contributed by atoms with Gasteiger partial charge in [0, 0.05) is 12.1 Å². The van der Waals surface area contributed by atoms with E-state index in [1.165, 1.54) is 10.4 Å². The van der Waals surface area contributed by atoms with Crippen molar-refractivity contribution in [1.29, 1.82) is 0 Å². The highest BCUT2D eigenvalue weighted by atomic mass is 32.1. The fraction of sp³-hybridized carbons (Fsp3) is 0.364. The summed E-state index contributed by atoms with van der Waals surface area (Å²) in [5.41, 5.74) is 2.34. The van der Waals surface area contributed by atoms with Crippen molar-refractivity contribution in [2.24, 2.45) is 0 Å². The number of nitrogens with zero attached hydrogens (tertiary/aromatic N) is 1. The Labute approximate surface area is 97.6 Å². The third-order valence-corrected chi connectivity index (χ3v) is 3.59. The topological polar surface area (TPSA) is 49.9 Å². The van der Waals surface area contributed by atoms with E-state index in [0.29, 0.717) is 6.04 Å². The van der Waals surface area contributed by atoms with Gasteiger partial charge in [-0.3, -0.25) is 5.10 Å². The summed E-state index contributed by atoms with van der Waals surface area (Å²) in [5, 5.41) is 12.7. The molecule has 0 unspecified atom stereocenters. The van der Waals surface area contributed by atoms with Crippen LogP contribution in [0.3, 0.4) is 0 Å². The maximum absolute atomic E-state index is 5.12. The van der Waals surface area contributed by atoms with Crippen molar-refractivity contribution in [1.82, 2.24) is 15.5 Å². The lowest BCUT2D eigenvalue weighted by molar-refractivity contribution is -0.00576. The molecule has 2 aromatic rings. The average Bonchev–Trinajstić information content (AvgIpc) is 2.83. The highest BCUT2D eigenvalue weighted by Gasteiger charge is 2.18. The fourth-order valence-corrected chi connectivity index (χ4v) is 2.44. The number of aromatic nitrogens is 2. The molecule has 1 aliphatic heterocycles. The van der Waals surface area contributed by atoms with Gasteiger partial charge in [0.2, 0.25) is 0 Å². The molecule has 0 spiro atoms. The van der Waals surface area contributed by atoms with E-state index in [1.54, 1.807) is 11.3 Å². The monoisotopic (exact) mass is 235 g/mol. The molecule has 3 rings (SSSR count). The number of aromatic amines is 1. The molecule has 0 radical (unpaired) electrons. The summed E-state index contributed by atoms with van der Waals surface area (Å²) >= 11 is 1.73. The van der Waals surface area contributed by atoms with Crippen LogP contribution in [0.2, 0.25) is 0 Å². The van der Waals surface area contributed by atoms with Gasteiger partial charge in [0.15, 0.2) is 0 Å². The highest BCUT2D eigenvalue weighted by Crippen LogP contribution is 2.25. The van der Waals surface area contributed by atoms with Gasteiger partial charge in [-0.1, -0.05) is 6.07 Å². The number of nitrogens with one attached hydrogen (secondary N) is 2. The molecule has 16 heavy (non-hydrogen) atoms. The Bertz CT molecular complexity index is 448. The second-order valence-electron chi connectivity index (χ2n) is 3.86. The molecule has 0 atom stereocenters. The van der Waals surface area contributed by atoms with Crippen molar-refractivity contribution in [3.63, 3.8) is 0 Å². The minimum absolute atomic E-state index is 0.506. The van der Waals surface area contributed by atoms with Crippen LogP contribution in [0.5, 0.6) is 0 Å². The van der Waals surface area contributed by atoms with Crippen LogP contribution in [-0.2, 0) is 11.3 Å². The van der Waals surface area contributed by atoms with E-state index in [4.69, 9.17) is 4.74 Å². The van der Waals surface area contributed by atoms with Gasteiger partial charge in [-0.15, -0.1) is 11.3 Å². The molecule has 0 saturated carbocycles. The minimum Gasteiger partial charge on any atom is -0.378 e. The van der Waals surface area contributed by atoms with Gasteiger partial charge in [-0.25, -0.2) is 0 Å². The van der Waals surface area contributed by atoms with Crippen molar-refractivity contribution in [2.45, 2.75) is 12.6 Å². The summed E-state index contributed by atoms with van der Waals surface area (Å²) in [5.74, 6) is 0. The smallest absolute Gasteiger partial charge is 0.0794 e. The Balaban J connectivity index is 1.72. The molecule has 5 heteroatoms. The first-order valence-corrected chi connectivity index (χ1v) is 6.18. The number of H-pyrrole nitrogens is 1. The predicted octanol–water partition coefficient (Wildman–Crippen LogP) is 1.63. The molecule has 2 N–H and O–H groups in total. The molecule has 3 heterocycles. The summed E-state index contributed by atoms with van der Waals surface area (Å²) in [7, 11) is 0. The number of hydrogen-bond donors (Lipinski definition) is 2. The largest absolute Gasteiger partial charge is 0.378 e. The van der Waals surface area contributed by atoms with E-state index < -0.39 is 0 Å². The van der Waals surface area contributed by atoms with Gasteiger partial charge in [0.1, 0.15) is 0 Å². The number of ether oxygens (including phenoxy) is 1. The molecule has 1 saturated heterocycles. The normalized spacial score (nSPS) is 16.2. The van der Waals surface area contributed by atoms with Crippen molar-refractivity contribution in [2.75, 3.05) is 13.2 Å². The maximum atomic E-state index is 5.12. The second-order valence-corrected chi connectivity index (χ2v) is 4.81. The van der Waals surface area contributed by atoms with Crippen LogP contribution in [0.4, 0.5) is 0 Å². The molecule has 1 aliphatic rings. The third-order valence-electron chi connectivity index (χ3n) is 2.70. The quantitative estimate of drug-likeness (QED) is 0.846. The molecule has 4 nitrogen and oxygen atoms in total. The van der Waals surface area contributed by atoms with E-state index in [0.717, 1.165) is 25.5 Å². The lowest BCUT2D eigenvalue weighted by atomic mass is 10.2. The third kappa shape index (κ3) is 1.89. The van der Waals surface area contributed by atoms with Crippen LogP contribution in [-0.4, -0.2) is 29.5 Å². The predicted molar refractivity (Wildman–Crippen MR) is 63.3 cm³/mol. The molecule has 84 valence electrons. The number of thiophene rings is 1. The summed E-state index contributed by atoms with van der Waals surface area (Å²) in [6, 6.07) is 4.66. The van der Waals surface area contributed by atoms with E-state index in [1.807, 2.05) is 6.20 Å².